The fourth-order valence-electron chi connectivity index (χ4n) is 4.24. The van der Waals surface area contributed by atoms with E-state index in [1.54, 1.807) is 0 Å². The molecule has 3 heteroatoms. The molecule has 0 amide bonds. The predicted molar refractivity (Wildman–Crippen MR) is 89.0 cm³/mol. The molecule has 120 valence electrons. The minimum atomic E-state index is -0.694. The van der Waals surface area contributed by atoms with Crippen LogP contribution in [0.1, 0.15) is 46.3 Å². The Hall–Kier alpha value is -1.41. The van der Waals surface area contributed by atoms with Gasteiger partial charge in [-0.15, -0.1) is 0 Å². The van der Waals surface area contributed by atoms with Crippen LogP contribution in [0.15, 0.2) is 35.9 Å². The highest BCUT2D eigenvalue weighted by molar-refractivity contribution is 5.73. The van der Waals surface area contributed by atoms with Gasteiger partial charge in [0.1, 0.15) is 5.94 Å². The summed E-state index contributed by atoms with van der Waals surface area (Å²) in [7, 11) is 0. The fourth-order valence-corrected chi connectivity index (χ4v) is 4.24. The third-order valence-electron chi connectivity index (χ3n) is 5.29. The SMILES string of the molecule is CC(OCC1(N)C(=C=O)C1(C(C)C)C(C)C)c1ccccc1. The van der Waals surface area contributed by atoms with E-state index in [4.69, 9.17) is 10.5 Å². The quantitative estimate of drug-likeness (QED) is 0.818. The summed E-state index contributed by atoms with van der Waals surface area (Å²) < 4.78 is 6.02. The average Bonchev–Trinajstić information content (AvgIpc) is 3.06. The first-order chi connectivity index (χ1) is 10.3. The summed E-state index contributed by atoms with van der Waals surface area (Å²) in [5.74, 6) is 2.67. The first-order valence-electron chi connectivity index (χ1n) is 8.03. The molecule has 2 unspecified atom stereocenters. The van der Waals surface area contributed by atoms with Crippen molar-refractivity contribution in [3.05, 3.63) is 41.5 Å². The van der Waals surface area contributed by atoms with Gasteiger partial charge >= 0.3 is 0 Å². The van der Waals surface area contributed by atoms with E-state index in [0.717, 1.165) is 5.56 Å². The van der Waals surface area contributed by atoms with Crippen molar-refractivity contribution in [2.45, 2.75) is 46.3 Å². The Morgan fingerprint density at radius 1 is 1.09 bits per heavy atom. The molecule has 0 heterocycles. The van der Waals surface area contributed by atoms with Gasteiger partial charge in [0.25, 0.3) is 0 Å². The highest BCUT2D eigenvalue weighted by Crippen LogP contribution is 2.67. The lowest BCUT2D eigenvalue weighted by molar-refractivity contribution is 0.0331. The average molecular weight is 301 g/mol. The molecule has 1 aliphatic rings. The Morgan fingerprint density at radius 2 is 1.64 bits per heavy atom. The molecule has 0 radical (unpaired) electrons. The number of carbonyl (C=O) groups excluding carboxylic acids is 1. The molecule has 0 spiro atoms. The third-order valence-corrected chi connectivity index (χ3v) is 5.29. The molecule has 3 nitrogen and oxygen atoms in total. The number of ether oxygens (including phenoxy) is 1. The van der Waals surface area contributed by atoms with Crippen molar-refractivity contribution in [1.29, 1.82) is 0 Å². The van der Waals surface area contributed by atoms with Crippen LogP contribution in [0.2, 0.25) is 0 Å². The van der Waals surface area contributed by atoms with Crippen LogP contribution < -0.4 is 5.73 Å². The molecular formula is C19H27NO2. The minimum absolute atomic E-state index is 0.0489. The second-order valence-corrected chi connectivity index (χ2v) is 6.99. The van der Waals surface area contributed by atoms with Crippen molar-refractivity contribution in [1.82, 2.24) is 0 Å². The molecule has 0 saturated heterocycles. The predicted octanol–water partition coefficient (Wildman–Crippen LogP) is 3.53. The Kier molecular flexibility index (Phi) is 4.62. The standard InChI is InChI=1S/C19H27NO2/c1-13(2)19(14(3)4)17(11-21)18(19,20)12-22-15(5)16-9-7-6-8-10-16/h6-10,13-15H,12,20H2,1-5H3. The Bertz CT molecular complexity index is 564. The number of hydrogen-bond acceptors (Lipinski definition) is 3. The van der Waals surface area contributed by atoms with Crippen LogP contribution in [0.4, 0.5) is 0 Å². The zero-order valence-corrected chi connectivity index (χ0v) is 14.2. The van der Waals surface area contributed by atoms with Crippen molar-refractivity contribution in [2.75, 3.05) is 6.61 Å². The molecule has 22 heavy (non-hydrogen) atoms. The zero-order valence-electron chi connectivity index (χ0n) is 14.2. The maximum atomic E-state index is 11.4. The van der Waals surface area contributed by atoms with Crippen LogP contribution in [0.3, 0.4) is 0 Å². The fraction of sp³-hybridized carbons (Fsp3) is 0.579. The van der Waals surface area contributed by atoms with Crippen LogP contribution in [-0.4, -0.2) is 18.1 Å². The van der Waals surface area contributed by atoms with Gasteiger partial charge in [0.2, 0.25) is 0 Å². The van der Waals surface area contributed by atoms with Crippen molar-refractivity contribution in [3.63, 3.8) is 0 Å². The van der Waals surface area contributed by atoms with E-state index in [9.17, 15) is 4.79 Å². The van der Waals surface area contributed by atoms with Crippen LogP contribution in [0, 0.1) is 17.3 Å². The van der Waals surface area contributed by atoms with Crippen LogP contribution in [0.25, 0.3) is 0 Å². The summed E-state index contributed by atoms with van der Waals surface area (Å²) in [6.45, 7) is 10.8. The van der Waals surface area contributed by atoms with Gasteiger partial charge < -0.3 is 10.5 Å². The Balaban J connectivity index is 2.17. The molecule has 0 aromatic heterocycles. The van der Waals surface area contributed by atoms with Gasteiger partial charge in [0, 0.05) is 11.0 Å². The Labute approximate surface area is 133 Å². The summed E-state index contributed by atoms with van der Waals surface area (Å²) in [6.07, 6.45) is -0.0489. The van der Waals surface area contributed by atoms with Crippen molar-refractivity contribution in [2.24, 2.45) is 23.0 Å². The molecule has 1 saturated carbocycles. The smallest absolute Gasteiger partial charge is 0.126 e. The lowest BCUT2D eigenvalue weighted by atomic mass is 9.78. The minimum Gasteiger partial charge on any atom is -0.371 e. The molecule has 2 N–H and O–H groups in total. The van der Waals surface area contributed by atoms with Gasteiger partial charge in [-0.3, -0.25) is 0 Å². The monoisotopic (exact) mass is 301 g/mol. The number of benzene rings is 1. The third kappa shape index (κ3) is 2.34. The van der Waals surface area contributed by atoms with Crippen molar-refractivity contribution in [3.8, 4) is 0 Å². The van der Waals surface area contributed by atoms with Gasteiger partial charge in [0.15, 0.2) is 0 Å². The summed E-state index contributed by atoms with van der Waals surface area (Å²) in [5, 5.41) is 0. The van der Waals surface area contributed by atoms with Crippen LogP contribution in [-0.2, 0) is 9.53 Å². The molecule has 1 aromatic carbocycles. The van der Waals surface area contributed by atoms with E-state index in [1.165, 1.54) is 0 Å². The lowest BCUT2D eigenvalue weighted by Gasteiger charge is -2.29. The van der Waals surface area contributed by atoms with Crippen molar-refractivity contribution >= 4 is 5.94 Å². The highest BCUT2D eigenvalue weighted by Gasteiger charge is 2.74. The van der Waals surface area contributed by atoms with Gasteiger partial charge in [0.05, 0.1) is 18.2 Å². The first-order valence-corrected chi connectivity index (χ1v) is 8.03. The second kappa shape index (κ2) is 6.00. The number of nitrogens with two attached hydrogens (primary N) is 1. The van der Waals surface area contributed by atoms with E-state index in [2.05, 4.69) is 33.6 Å². The maximum absolute atomic E-state index is 11.4. The van der Waals surface area contributed by atoms with Gasteiger partial charge in [-0.1, -0.05) is 58.0 Å². The summed E-state index contributed by atoms with van der Waals surface area (Å²) in [4.78, 5) is 11.4. The maximum Gasteiger partial charge on any atom is 0.126 e. The zero-order chi connectivity index (χ0) is 16.5. The Morgan fingerprint density at radius 3 is 2.05 bits per heavy atom. The van der Waals surface area contributed by atoms with Gasteiger partial charge in [-0.25, -0.2) is 4.79 Å². The van der Waals surface area contributed by atoms with E-state index in [0.29, 0.717) is 12.2 Å². The second-order valence-electron chi connectivity index (χ2n) is 6.99. The van der Waals surface area contributed by atoms with E-state index >= 15 is 0 Å². The van der Waals surface area contributed by atoms with E-state index in [-0.39, 0.29) is 23.4 Å². The molecule has 2 rings (SSSR count). The number of hydrogen-bond donors (Lipinski definition) is 1. The van der Waals surface area contributed by atoms with Gasteiger partial charge in [-0.05, 0) is 24.3 Å². The van der Waals surface area contributed by atoms with Crippen LogP contribution >= 0.6 is 0 Å². The van der Waals surface area contributed by atoms with E-state index in [1.807, 2.05) is 37.3 Å². The molecule has 1 fully saturated rings. The largest absolute Gasteiger partial charge is 0.371 e. The molecule has 1 aromatic rings. The van der Waals surface area contributed by atoms with Crippen molar-refractivity contribution < 1.29 is 9.53 Å². The molecule has 0 aliphatic heterocycles. The van der Waals surface area contributed by atoms with Crippen LogP contribution in [0.5, 0.6) is 0 Å². The molecular weight excluding hydrogens is 274 g/mol. The first kappa shape index (κ1) is 17.0. The summed E-state index contributed by atoms with van der Waals surface area (Å²) >= 11 is 0. The molecule has 0 bridgehead atoms. The van der Waals surface area contributed by atoms with E-state index < -0.39 is 5.54 Å². The normalized spacial score (nSPS) is 24.5. The molecule has 2 atom stereocenters. The lowest BCUT2D eigenvalue weighted by Crippen LogP contribution is -2.41. The van der Waals surface area contributed by atoms with Gasteiger partial charge in [-0.2, -0.15) is 0 Å². The topological polar surface area (TPSA) is 52.3 Å². The number of rotatable bonds is 6. The summed E-state index contributed by atoms with van der Waals surface area (Å²) in [5.41, 5.74) is 7.39. The summed E-state index contributed by atoms with van der Waals surface area (Å²) in [6, 6.07) is 10.0. The molecule has 1 aliphatic carbocycles. The highest BCUT2D eigenvalue weighted by atomic mass is 16.5.